The highest BCUT2D eigenvalue weighted by Crippen LogP contribution is 2.39. The van der Waals surface area contributed by atoms with E-state index in [9.17, 15) is 9.59 Å². The fraction of sp³-hybridized carbons (Fsp3) is 0.867. The molecule has 19 heavy (non-hydrogen) atoms. The van der Waals surface area contributed by atoms with E-state index in [2.05, 4.69) is 12.2 Å². The van der Waals surface area contributed by atoms with E-state index in [1.54, 1.807) is 0 Å². The number of imide groups is 1. The lowest BCUT2D eigenvalue weighted by Gasteiger charge is -2.33. The van der Waals surface area contributed by atoms with Crippen LogP contribution in [0.5, 0.6) is 0 Å². The number of hydrogen-bond acceptors (Lipinski definition) is 3. The second-order valence-electron chi connectivity index (χ2n) is 6.79. The number of hydrogen-bond donors (Lipinski definition) is 1. The van der Waals surface area contributed by atoms with Crippen molar-refractivity contribution in [3.63, 3.8) is 0 Å². The maximum atomic E-state index is 12.5. The van der Waals surface area contributed by atoms with Gasteiger partial charge in [0.25, 0.3) is 0 Å². The van der Waals surface area contributed by atoms with Crippen LogP contribution < -0.4 is 5.32 Å². The van der Waals surface area contributed by atoms with Crippen LogP contribution >= 0.6 is 0 Å². The molecule has 3 atom stereocenters. The molecule has 0 aromatic heterocycles. The van der Waals surface area contributed by atoms with E-state index in [4.69, 9.17) is 0 Å². The van der Waals surface area contributed by atoms with Gasteiger partial charge in [-0.1, -0.05) is 20.8 Å². The van der Waals surface area contributed by atoms with Gasteiger partial charge in [-0.25, -0.2) is 0 Å². The molecule has 0 aromatic rings. The minimum Gasteiger partial charge on any atom is -0.316 e. The molecule has 0 spiro atoms. The number of likely N-dealkylation sites (tertiary alicyclic amines) is 1. The van der Waals surface area contributed by atoms with Gasteiger partial charge in [0, 0.05) is 13.0 Å². The first-order valence-electron chi connectivity index (χ1n) is 7.41. The van der Waals surface area contributed by atoms with Crippen molar-refractivity contribution in [2.45, 2.75) is 40.5 Å². The first kappa shape index (κ1) is 14.5. The van der Waals surface area contributed by atoms with Gasteiger partial charge in [-0.15, -0.1) is 0 Å². The summed E-state index contributed by atoms with van der Waals surface area (Å²) in [6.45, 7) is 10.8. The zero-order valence-electron chi connectivity index (χ0n) is 12.5. The van der Waals surface area contributed by atoms with Crippen molar-refractivity contribution in [1.82, 2.24) is 10.2 Å². The monoisotopic (exact) mass is 266 g/mol. The Morgan fingerprint density at radius 2 is 2.11 bits per heavy atom. The molecule has 0 saturated carbocycles. The van der Waals surface area contributed by atoms with Crippen LogP contribution in [0, 0.1) is 23.2 Å². The van der Waals surface area contributed by atoms with Crippen LogP contribution in [-0.4, -0.2) is 36.3 Å². The van der Waals surface area contributed by atoms with Gasteiger partial charge in [-0.3, -0.25) is 14.5 Å². The molecule has 0 radical (unpaired) electrons. The normalized spacial score (nSPS) is 36.4. The Hall–Kier alpha value is -0.900. The molecule has 2 aliphatic heterocycles. The van der Waals surface area contributed by atoms with Gasteiger partial charge in [0.05, 0.1) is 5.41 Å². The summed E-state index contributed by atoms with van der Waals surface area (Å²) in [4.78, 5) is 26.2. The molecule has 108 valence electrons. The summed E-state index contributed by atoms with van der Waals surface area (Å²) in [5.74, 6) is 1.23. The van der Waals surface area contributed by atoms with Crippen LogP contribution in [0.2, 0.25) is 0 Å². The van der Waals surface area contributed by atoms with Crippen molar-refractivity contribution in [1.29, 1.82) is 0 Å². The number of amides is 2. The van der Waals surface area contributed by atoms with Crippen LogP contribution in [0.1, 0.15) is 40.5 Å². The Kier molecular flexibility index (Phi) is 4.00. The van der Waals surface area contributed by atoms with E-state index in [1.165, 1.54) is 4.90 Å². The molecule has 4 heteroatoms. The molecule has 0 bridgehead atoms. The van der Waals surface area contributed by atoms with Crippen LogP contribution in [0.4, 0.5) is 0 Å². The summed E-state index contributed by atoms with van der Waals surface area (Å²) >= 11 is 0. The molecule has 2 amide bonds. The third kappa shape index (κ3) is 2.55. The van der Waals surface area contributed by atoms with Crippen LogP contribution in [0.15, 0.2) is 0 Å². The van der Waals surface area contributed by atoms with Crippen molar-refractivity contribution in [2.24, 2.45) is 23.2 Å². The zero-order chi connectivity index (χ0) is 14.2. The van der Waals surface area contributed by atoms with Gasteiger partial charge >= 0.3 is 0 Å². The topological polar surface area (TPSA) is 49.4 Å². The summed E-state index contributed by atoms with van der Waals surface area (Å²) in [6, 6.07) is 0. The lowest BCUT2D eigenvalue weighted by atomic mass is 9.78. The SMILES string of the molecule is CC1CCNCC1CN1C(=O)CC(C)(C(C)C)C1=O. The smallest absolute Gasteiger partial charge is 0.235 e. The average molecular weight is 266 g/mol. The predicted octanol–water partition coefficient (Wildman–Crippen LogP) is 1.65. The standard InChI is InChI=1S/C15H26N2O2/c1-10(2)15(4)7-13(18)17(14(15)19)9-12-8-16-6-5-11(12)3/h10-12,16H,5-9H2,1-4H3. The fourth-order valence-electron chi connectivity index (χ4n) is 3.08. The van der Waals surface area contributed by atoms with Gasteiger partial charge in [-0.05, 0) is 44.2 Å². The minimum absolute atomic E-state index is 0.0129. The second kappa shape index (κ2) is 5.23. The second-order valence-corrected chi connectivity index (χ2v) is 6.79. The number of rotatable bonds is 3. The van der Waals surface area contributed by atoms with E-state index in [1.807, 2.05) is 20.8 Å². The predicted molar refractivity (Wildman–Crippen MR) is 74.4 cm³/mol. The summed E-state index contributed by atoms with van der Waals surface area (Å²) < 4.78 is 0. The van der Waals surface area contributed by atoms with E-state index in [-0.39, 0.29) is 17.7 Å². The number of nitrogens with one attached hydrogen (secondary N) is 1. The van der Waals surface area contributed by atoms with Crippen molar-refractivity contribution < 1.29 is 9.59 Å². The fourth-order valence-corrected chi connectivity index (χ4v) is 3.08. The Balaban J connectivity index is 2.08. The lowest BCUT2D eigenvalue weighted by molar-refractivity contribution is -0.143. The van der Waals surface area contributed by atoms with E-state index in [0.717, 1.165) is 19.5 Å². The molecule has 1 N–H and O–H groups in total. The third-order valence-corrected chi connectivity index (χ3v) is 5.23. The van der Waals surface area contributed by atoms with Gasteiger partial charge in [0.1, 0.15) is 0 Å². The summed E-state index contributed by atoms with van der Waals surface area (Å²) in [5, 5.41) is 3.36. The maximum absolute atomic E-state index is 12.5. The molecular formula is C15H26N2O2. The summed E-state index contributed by atoms with van der Waals surface area (Å²) in [5.41, 5.74) is -0.498. The van der Waals surface area contributed by atoms with Gasteiger partial charge in [-0.2, -0.15) is 0 Å². The van der Waals surface area contributed by atoms with Crippen molar-refractivity contribution in [2.75, 3.05) is 19.6 Å². The van der Waals surface area contributed by atoms with Gasteiger partial charge in [0.15, 0.2) is 0 Å². The highest BCUT2D eigenvalue weighted by molar-refractivity contribution is 6.05. The van der Waals surface area contributed by atoms with Crippen molar-refractivity contribution in [3.8, 4) is 0 Å². The number of carbonyl (C=O) groups excluding carboxylic acids is 2. The van der Waals surface area contributed by atoms with E-state index in [0.29, 0.717) is 24.8 Å². The largest absolute Gasteiger partial charge is 0.316 e. The van der Waals surface area contributed by atoms with E-state index >= 15 is 0 Å². The Labute approximate surface area is 115 Å². The number of nitrogens with zero attached hydrogens (tertiary/aromatic N) is 1. The van der Waals surface area contributed by atoms with Crippen molar-refractivity contribution >= 4 is 11.8 Å². The third-order valence-electron chi connectivity index (χ3n) is 5.23. The minimum atomic E-state index is -0.498. The molecule has 2 heterocycles. The lowest BCUT2D eigenvalue weighted by Crippen LogP contribution is -2.45. The van der Waals surface area contributed by atoms with Crippen LogP contribution in [0.25, 0.3) is 0 Å². The highest BCUT2D eigenvalue weighted by Gasteiger charge is 2.50. The number of carbonyl (C=O) groups is 2. The first-order chi connectivity index (χ1) is 8.86. The molecule has 2 fully saturated rings. The molecule has 0 aliphatic carbocycles. The van der Waals surface area contributed by atoms with Crippen LogP contribution in [0.3, 0.4) is 0 Å². The molecule has 3 unspecified atom stereocenters. The quantitative estimate of drug-likeness (QED) is 0.790. The molecule has 2 saturated heterocycles. The summed E-state index contributed by atoms with van der Waals surface area (Å²) in [7, 11) is 0. The average Bonchev–Trinajstić information content (AvgIpc) is 2.57. The highest BCUT2D eigenvalue weighted by atomic mass is 16.2. The first-order valence-corrected chi connectivity index (χ1v) is 7.41. The number of piperidine rings is 1. The zero-order valence-corrected chi connectivity index (χ0v) is 12.5. The van der Waals surface area contributed by atoms with Gasteiger partial charge in [0.2, 0.25) is 11.8 Å². The molecule has 2 rings (SSSR count). The van der Waals surface area contributed by atoms with E-state index < -0.39 is 5.41 Å². The van der Waals surface area contributed by atoms with Gasteiger partial charge < -0.3 is 5.32 Å². The Morgan fingerprint density at radius 1 is 1.42 bits per heavy atom. The van der Waals surface area contributed by atoms with Crippen molar-refractivity contribution in [3.05, 3.63) is 0 Å². The maximum Gasteiger partial charge on any atom is 0.235 e. The Morgan fingerprint density at radius 3 is 2.63 bits per heavy atom. The van der Waals surface area contributed by atoms with Crippen LogP contribution in [-0.2, 0) is 9.59 Å². The molecular weight excluding hydrogens is 240 g/mol. The molecule has 0 aromatic carbocycles. The Bertz CT molecular complexity index is 380. The molecule has 4 nitrogen and oxygen atoms in total. The summed E-state index contributed by atoms with van der Waals surface area (Å²) in [6.07, 6.45) is 1.50. The molecule has 2 aliphatic rings.